The highest BCUT2D eigenvalue weighted by atomic mass is 32.2. The number of nitrogens with one attached hydrogen (secondary N) is 1. The molecule has 3 rings (SSSR count). The maximum absolute atomic E-state index is 13.8. The predicted molar refractivity (Wildman–Crippen MR) is 150 cm³/mol. The summed E-state index contributed by atoms with van der Waals surface area (Å²) in [6, 6.07) is 24.7. The Morgan fingerprint density at radius 1 is 0.868 bits per heavy atom. The minimum Gasteiger partial charge on any atom is -0.354 e. The molecule has 1 atom stereocenters. The minimum atomic E-state index is -3.89. The summed E-state index contributed by atoms with van der Waals surface area (Å²) in [4.78, 5) is 28.9. The van der Waals surface area contributed by atoms with Crippen LogP contribution in [0.25, 0.3) is 0 Å². The van der Waals surface area contributed by atoms with Gasteiger partial charge in [-0.25, -0.2) is 8.42 Å². The summed E-state index contributed by atoms with van der Waals surface area (Å²) in [5.74, 6) is -0.700. The predicted octanol–water partition coefficient (Wildman–Crippen LogP) is 4.17. The highest BCUT2D eigenvalue weighted by Gasteiger charge is 2.32. The van der Waals surface area contributed by atoms with Gasteiger partial charge >= 0.3 is 0 Å². The first-order valence-corrected chi connectivity index (χ1v) is 14.3. The molecule has 8 heteroatoms. The summed E-state index contributed by atoms with van der Waals surface area (Å²) < 4.78 is 27.5. The van der Waals surface area contributed by atoms with Crippen LogP contribution in [0.15, 0.2) is 89.8 Å². The molecule has 0 aliphatic heterocycles. The van der Waals surface area contributed by atoms with Crippen LogP contribution in [0.3, 0.4) is 0 Å². The van der Waals surface area contributed by atoms with Gasteiger partial charge in [0, 0.05) is 26.6 Å². The average molecular weight is 536 g/mol. The number of likely N-dealkylation sites (N-methyl/N-ethyl adjacent to an activating group) is 1. The number of carbonyl (C=O) groups is 2. The van der Waals surface area contributed by atoms with E-state index in [0.29, 0.717) is 13.0 Å². The molecule has 0 aliphatic rings. The standard InChI is InChI=1S/C30H37N3O4S/c1-4-5-20-31-30(35)28(21-25-12-8-6-9-13-25)33(22-26-14-10-7-11-15-26)29(34)23-32(3)38(36,37)27-18-16-24(2)17-19-27/h6-19,28H,4-5,20-23H2,1-3H3,(H,31,35)/t28-/m0/s1. The van der Waals surface area contributed by atoms with Crippen molar-refractivity contribution in [1.29, 1.82) is 0 Å². The molecule has 0 fully saturated rings. The number of sulfonamides is 1. The molecular weight excluding hydrogens is 498 g/mol. The molecule has 0 bridgehead atoms. The van der Waals surface area contributed by atoms with Crippen molar-refractivity contribution in [2.24, 2.45) is 0 Å². The third-order valence-electron chi connectivity index (χ3n) is 6.38. The monoisotopic (exact) mass is 535 g/mol. The van der Waals surface area contributed by atoms with Crippen LogP contribution in [0.2, 0.25) is 0 Å². The Bertz CT molecular complexity index is 1280. The molecule has 2 amide bonds. The minimum absolute atomic E-state index is 0.117. The van der Waals surface area contributed by atoms with Crippen LogP contribution < -0.4 is 5.32 Å². The van der Waals surface area contributed by atoms with E-state index < -0.39 is 28.5 Å². The van der Waals surface area contributed by atoms with Crippen molar-refractivity contribution in [3.05, 3.63) is 102 Å². The molecule has 3 aromatic carbocycles. The van der Waals surface area contributed by atoms with E-state index >= 15 is 0 Å². The van der Waals surface area contributed by atoms with Crippen molar-refractivity contribution in [3.8, 4) is 0 Å². The zero-order valence-corrected chi connectivity index (χ0v) is 23.2. The fourth-order valence-electron chi connectivity index (χ4n) is 4.10. The Hall–Kier alpha value is -3.49. The molecule has 0 saturated heterocycles. The van der Waals surface area contributed by atoms with Gasteiger partial charge in [0.05, 0.1) is 11.4 Å². The van der Waals surface area contributed by atoms with Crippen molar-refractivity contribution < 1.29 is 18.0 Å². The smallest absolute Gasteiger partial charge is 0.243 e. The molecule has 0 saturated carbocycles. The maximum Gasteiger partial charge on any atom is 0.243 e. The van der Waals surface area contributed by atoms with Gasteiger partial charge in [-0.15, -0.1) is 0 Å². The lowest BCUT2D eigenvalue weighted by Gasteiger charge is -2.32. The van der Waals surface area contributed by atoms with Gasteiger partial charge in [0.1, 0.15) is 6.04 Å². The Labute approximate surface area is 226 Å². The maximum atomic E-state index is 13.8. The number of carbonyl (C=O) groups excluding carboxylic acids is 2. The molecule has 0 aromatic heterocycles. The number of hydrogen-bond donors (Lipinski definition) is 1. The molecular formula is C30H37N3O4S. The zero-order valence-electron chi connectivity index (χ0n) is 22.3. The van der Waals surface area contributed by atoms with Gasteiger partial charge in [0.2, 0.25) is 21.8 Å². The second kappa shape index (κ2) is 13.9. The number of nitrogens with zero attached hydrogens (tertiary/aromatic N) is 2. The molecule has 202 valence electrons. The van der Waals surface area contributed by atoms with Crippen molar-refractivity contribution in [3.63, 3.8) is 0 Å². The van der Waals surface area contributed by atoms with Crippen LogP contribution in [0.1, 0.15) is 36.5 Å². The van der Waals surface area contributed by atoms with E-state index in [4.69, 9.17) is 0 Å². The zero-order chi connectivity index (χ0) is 27.5. The van der Waals surface area contributed by atoms with E-state index in [0.717, 1.165) is 33.8 Å². The lowest BCUT2D eigenvalue weighted by Crippen LogP contribution is -2.53. The van der Waals surface area contributed by atoms with Gasteiger partial charge in [-0.05, 0) is 36.6 Å². The average Bonchev–Trinajstić information content (AvgIpc) is 2.92. The molecule has 3 aromatic rings. The first-order chi connectivity index (χ1) is 18.2. The topological polar surface area (TPSA) is 86.8 Å². The molecule has 0 aliphatic carbocycles. The lowest BCUT2D eigenvalue weighted by molar-refractivity contribution is -0.141. The van der Waals surface area contributed by atoms with Crippen molar-refractivity contribution in [2.45, 2.75) is 50.6 Å². The van der Waals surface area contributed by atoms with Crippen molar-refractivity contribution in [1.82, 2.24) is 14.5 Å². The number of amides is 2. The number of unbranched alkanes of at least 4 members (excludes halogenated alkanes) is 1. The van der Waals surface area contributed by atoms with Crippen LogP contribution in [0, 0.1) is 6.92 Å². The fraction of sp³-hybridized carbons (Fsp3) is 0.333. The van der Waals surface area contributed by atoms with Crippen LogP contribution in [0.5, 0.6) is 0 Å². The number of benzene rings is 3. The number of hydrogen-bond acceptors (Lipinski definition) is 4. The Morgan fingerprint density at radius 2 is 1.45 bits per heavy atom. The number of rotatable bonds is 13. The molecule has 7 nitrogen and oxygen atoms in total. The van der Waals surface area contributed by atoms with Gasteiger partial charge in [0.25, 0.3) is 0 Å². The molecule has 1 N–H and O–H groups in total. The summed E-state index contributed by atoms with van der Waals surface area (Å²) in [5.41, 5.74) is 2.70. The van der Waals surface area contributed by atoms with Crippen molar-refractivity contribution >= 4 is 21.8 Å². The van der Waals surface area contributed by atoms with Crippen LogP contribution in [-0.4, -0.2) is 55.6 Å². The molecule has 0 heterocycles. The van der Waals surface area contributed by atoms with Gasteiger partial charge in [0.15, 0.2) is 0 Å². The van der Waals surface area contributed by atoms with Gasteiger partial charge in [-0.2, -0.15) is 4.31 Å². The van der Waals surface area contributed by atoms with Gasteiger partial charge in [-0.1, -0.05) is 91.7 Å². The summed E-state index contributed by atoms with van der Waals surface area (Å²) in [6.07, 6.45) is 2.07. The van der Waals surface area contributed by atoms with E-state index in [1.165, 1.54) is 24.1 Å². The second-order valence-corrected chi connectivity index (χ2v) is 11.5. The fourth-order valence-corrected chi connectivity index (χ4v) is 5.22. The largest absolute Gasteiger partial charge is 0.354 e. The summed E-state index contributed by atoms with van der Waals surface area (Å²) in [7, 11) is -2.50. The third kappa shape index (κ3) is 8.00. The molecule has 0 radical (unpaired) electrons. The Balaban J connectivity index is 1.92. The van der Waals surface area contributed by atoms with Gasteiger partial charge < -0.3 is 10.2 Å². The van der Waals surface area contributed by atoms with Crippen LogP contribution in [0.4, 0.5) is 0 Å². The first kappa shape index (κ1) is 29.1. The van der Waals surface area contributed by atoms with Crippen LogP contribution >= 0.6 is 0 Å². The lowest BCUT2D eigenvalue weighted by atomic mass is 10.0. The summed E-state index contributed by atoms with van der Waals surface area (Å²) >= 11 is 0. The Morgan fingerprint density at radius 3 is 2.03 bits per heavy atom. The Kier molecular flexibility index (Phi) is 10.6. The first-order valence-electron chi connectivity index (χ1n) is 12.9. The van der Waals surface area contributed by atoms with E-state index in [-0.39, 0.29) is 17.3 Å². The summed E-state index contributed by atoms with van der Waals surface area (Å²) in [5, 5.41) is 2.98. The highest BCUT2D eigenvalue weighted by Crippen LogP contribution is 2.18. The molecule has 0 unspecified atom stereocenters. The van der Waals surface area contributed by atoms with E-state index in [1.807, 2.05) is 74.5 Å². The number of aryl methyl sites for hydroxylation is 1. The summed E-state index contributed by atoms with van der Waals surface area (Å²) in [6.45, 7) is 4.22. The van der Waals surface area contributed by atoms with E-state index in [2.05, 4.69) is 5.32 Å². The van der Waals surface area contributed by atoms with Crippen molar-refractivity contribution in [2.75, 3.05) is 20.1 Å². The molecule has 0 spiro atoms. The SMILES string of the molecule is CCCCNC(=O)[C@H](Cc1ccccc1)N(Cc1ccccc1)C(=O)CN(C)S(=O)(=O)c1ccc(C)cc1. The van der Waals surface area contributed by atoms with Crippen LogP contribution in [-0.2, 0) is 32.6 Å². The van der Waals surface area contributed by atoms with Gasteiger partial charge in [-0.3, -0.25) is 9.59 Å². The normalized spacial score (nSPS) is 12.2. The highest BCUT2D eigenvalue weighted by molar-refractivity contribution is 7.89. The second-order valence-electron chi connectivity index (χ2n) is 9.43. The third-order valence-corrected chi connectivity index (χ3v) is 8.20. The quantitative estimate of drug-likeness (QED) is 0.333. The van der Waals surface area contributed by atoms with E-state index in [9.17, 15) is 18.0 Å². The molecule has 38 heavy (non-hydrogen) atoms. The van der Waals surface area contributed by atoms with E-state index in [1.54, 1.807) is 12.1 Å².